The smallest absolute Gasteiger partial charge is 0.332 e. The van der Waals surface area contributed by atoms with E-state index in [4.69, 9.17) is 4.74 Å². The minimum Gasteiger partial charge on any atom is -0.491 e. The average Bonchev–Trinajstić information content (AvgIpc) is 3.16. The van der Waals surface area contributed by atoms with Crippen LogP contribution in [0.4, 0.5) is 0 Å². The number of para-hydroxylation sites is 1. The molecule has 8 nitrogen and oxygen atoms in total. The lowest BCUT2D eigenvalue weighted by molar-refractivity contribution is 0.0897. The second-order valence-electron chi connectivity index (χ2n) is 9.23. The van der Waals surface area contributed by atoms with Crippen molar-refractivity contribution >= 4 is 11.2 Å². The second kappa shape index (κ2) is 10.7. The average molecular weight is 455 g/mol. The van der Waals surface area contributed by atoms with Crippen molar-refractivity contribution in [1.29, 1.82) is 0 Å². The van der Waals surface area contributed by atoms with E-state index in [0.717, 1.165) is 10.1 Å². The zero-order chi connectivity index (χ0) is 24.1. The van der Waals surface area contributed by atoms with Crippen molar-refractivity contribution in [2.45, 2.75) is 59.9 Å². The van der Waals surface area contributed by atoms with Gasteiger partial charge in [0.05, 0.1) is 12.9 Å². The molecule has 1 aromatic carbocycles. The summed E-state index contributed by atoms with van der Waals surface area (Å²) in [5, 5.41) is 10.7. The normalized spacial score (nSPS) is 12.6. The fraction of sp³-hybridized carbons (Fsp3) is 0.480. The fourth-order valence-corrected chi connectivity index (χ4v) is 3.88. The Kier molecular flexibility index (Phi) is 7.92. The quantitative estimate of drug-likeness (QED) is 0.450. The number of hydrogen-bond acceptors (Lipinski definition) is 5. The van der Waals surface area contributed by atoms with Gasteiger partial charge in [-0.25, -0.2) is 9.78 Å². The molecule has 0 aliphatic rings. The molecule has 0 aliphatic heterocycles. The van der Waals surface area contributed by atoms with Crippen molar-refractivity contribution in [3.63, 3.8) is 0 Å². The van der Waals surface area contributed by atoms with Gasteiger partial charge in [0.15, 0.2) is 11.2 Å². The van der Waals surface area contributed by atoms with Crippen molar-refractivity contribution in [3.8, 4) is 5.75 Å². The Labute approximate surface area is 193 Å². The number of imidazole rings is 1. The molecule has 0 aliphatic carbocycles. The van der Waals surface area contributed by atoms with E-state index in [1.807, 2.05) is 38.1 Å². The van der Waals surface area contributed by atoms with Crippen LogP contribution in [-0.2, 0) is 26.1 Å². The number of aliphatic hydroxyl groups excluding tert-OH is 1. The van der Waals surface area contributed by atoms with Gasteiger partial charge < -0.3 is 14.4 Å². The maximum Gasteiger partial charge on any atom is 0.332 e. The maximum absolute atomic E-state index is 13.3. The minimum atomic E-state index is -1.04. The Morgan fingerprint density at radius 2 is 1.76 bits per heavy atom. The van der Waals surface area contributed by atoms with Crippen LogP contribution in [-0.4, -0.2) is 36.5 Å². The Hall–Kier alpha value is -3.13. The Morgan fingerprint density at radius 3 is 2.42 bits per heavy atom. The second-order valence-corrected chi connectivity index (χ2v) is 9.23. The summed E-state index contributed by atoms with van der Waals surface area (Å²) in [6, 6.07) is 7.52. The number of hydrogen-bond donors (Lipinski definition) is 1. The predicted octanol–water partition coefficient (Wildman–Crippen LogP) is 2.84. The first-order valence-corrected chi connectivity index (χ1v) is 11.4. The van der Waals surface area contributed by atoms with Crippen molar-refractivity contribution in [2.24, 2.45) is 11.8 Å². The van der Waals surface area contributed by atoms with Gasteiger partial charge in [0, 0.05) is 13.1 Å². The predicted molar refractivity (Wildman–Crippen MR) is 130 cm³/mol. The molecule has 0 bridgehead atoms. The highest BCUT2D eigenvalue weighted by Crippen LogP contribution is 2.19. The van der Waals surface area contributed by atoms with Crippen LogP contribution in [0.3, 0.4) is 0 Å². The zero-order valence-corrected chi connectivity index (χ0v) is 19.9. The topological polar surface area (TPSA) is 91.3 Å². The number of allylic oxidation sites excluding steroid dienone is 1. The number of aromatic nitrogens is 4. The molecule has 3 rings (SSSR count). The van der Waals surface area contributed by atoms with Crippen LogP contribution in [0.5, 0.6) is 5.75 Å². The molecule has 0 amide bonds. The molecule has 1 atom stereocenters. The molecule has 0 saturated heterocycles. The highest BCUT2D eigenvalue weighted by molar-refractivity contribution is 5.70. The van der Waals surface area contributed by atoms with Crippen LogP contribution in [0.15, 0.2) is 52.8 Å². The molecule has 0 fully saturated rings. The van der Waals surface area contributed by atoms with Gasteiger partial charge in [-0.2, -0.15) is 0 Å². The SMILES string of the molecule is C=CCc1ccccc1OCC(O)Cn1c(=O)c2c(ncn2CC(C)C)n(CC(C)C)c1=O. The van der Waals surface area contributed by atoms with Gasteiger partial charge in [0.25, 0.3) is 5.56 Å². The van der Waals surface area contributed by atoms with Gasteiger partial charge in [0.2, 0.25) is 0 Å². The summed E-state index contributed by atoms with van der Waals surface area (Å²) < 4.78 is 10.2. The van der Waals surface area contributed by atoms with Crippen molar-refractivity contribution in [1.82, 2.24) is 18.7 Å². The van der Waals surface area contributed by atoms with Crippen LogP contribution >= 0.6 is 0 Å². The van der Waals surface area contributed by atoms with E-state index in [9.17, 15) is 14.7 Å². The highest BCUT2D eigenvalue weighted by Gasteiger charge is 2.21. The van der Waals surface area contributed by atoms with E-state index in [1.54, 1.807) is 17.0 Å². The molecule has 178 valence electrons. The van der Waals surface area contributed by atoms with Crippen LogP contribution in [0.1, 0.15) is 33.3 Å². The maximum atomic E-state index is 13.3. The molecule has 0 radical (unpaired) electrons. The van der Waals surface area contributed by atoms with E-state index in [0.29, 0.717) is 42.3 Å². The lowest BCUT2D eigenvalue weighted by Crippen LogP contribution is -2.44. The number of aliphatic hydroxyl groups is 1. The highest BCUT2D eigenvalue weighted by atomic mass is 16.5. The Morgan fingerprint density at radius 1 is 1.06 bits per heavy atom. The first-order chi connectivity index (χ1) is 15.7. The summed E-state index contributed by atoms with van der Waals surface area (Å²) >= 11 is 0. The summed E-state index contributed by atoms with van der Waals surface area (Å²) in [6.07, 6.45) is 2.99. The molecule has 2 heterocycles. The zero-order valence-electron chi connectivity index (χ0n) is 19.9. The van der Waals surface area contributed by atoms with Gasteiger partial charge in [-0.15, -0.1) is 6.58 Å². The Bertz CT molecular complexity index is 1220. The number of fused-ring (bicyclic) bond motifs is 1. The van der Waals surface area contributed by atoms with E-state index in [2.05, 4.69) is 25.4 Å². The minimum absolute atomic E-state index is 0.0481. The molecule has 1 N–H and O–H groups in total. The summed E-state index contributed by atoms with van der Waals surface area (Å²) in [5.41, 5.74) is 0.810. The third kappa shape index (κ3) is 5.63. The summed E-state index contributed by atoms with van der Waals surface area (Å²) in [7, 11) is 0. The molecule has 0 spiro atoms. The molecule has 33 heavy (non-hydrogen) atoms. The lowest BCUT2D eigenvalue weighted by atomic mass is 10.1. The van der Waals surface area contributed by atoms with E-state index in [1.165, 1.54) is 4.57 Å². The molecule has 3 aromatic rings. The number of rotatable bonds is 11. The molecule has 8 heteroatoms. The van der Waals surface area contributed by atoms with Gasteiger partial charge in [0.1, 0.15) is 18.5 Å². The van der Waals surface area contributed by atoms with Crippen LogP contribution in [0.25, 0.3) is 11.2 Å². The van der Waals surface area contributed by atoms with Gasteiger partial charge in [-0.05, 0) is 29.9 Å². The van der Waals surface area contributed by atoms with Gasteiger partial charge in [-0.1, -0.05) is 52.0 Å². The molecular weight excluding hydrogens is 420 g/mol. The molecular formula is C25H34N4O4. The van der Waals surface area contributed by atoms with Crippen LogP contribution in [0.2, 0.25) is 0 Å². The number of nitrogens with zero attached hydrogens (tertiary/aromatic N) is 4. The van der Waals surface area contributed by atoms with Crippen molar-refractivity contribution in [2.75, 3.05) is 6.61 Å². The molecule has 1 unspecified atom stereocenters. The summed E-state index contributed by atoms with van der Waals surface area (Å²) in [4.78, 5) is 30.9. The van der Waals surface area contributed by atoms with Crippen LogP contribution < -0.4 is 16.0 Å². The number of ether oxygens (including phenoxy) is 1. The third-order valence-corrected chi connectivity index (χ3v) is 5.25. The van der Waals surface area contributed by atoms with E-state index in [-0.39, 0.29) is 19.1 Å². The van der Waals surface area contributed by atoms with Gasteiger partial charge >= 0.3 is 5.69 Å². The van der Waals surface area contributed by atoms with Gasteiger partial charge in [-0.3, -0.25) is 13.9 Å². The molecule has 2 aromatic heterocycles. The third-order valence-electron chi connectivity index (χ3n) is 5.25. The first kappa shape index (κ1) is 24.5. The number of benzene rings is 1. The Balaban J connectivity index is 1.94. The lowest BCUT2D eigenvalue weighted by Gasteiger charge is -2.18. The van der Waals surface area contributed by atoms with E-state index >= 15 is 0 Å². The fourth-order valence-electron chi connectivity index (χ4n) is 3.88. The first-order valence-electron chi connectivity index (χ1n) is 11.4. The summed E-state index contributed by atoms with van der Waals surface area (Å²) in [5.74, 6) is 1.13. The van der Waals surface area contributed by atoms with E-state index < -0.39 is 17.4 Å². The monoisotopic (exact) mass is 454 g/mol. The van der Waals surface area contributed by atoms with Crippen molar-refractivity contribution < 1.29 is 9.84 Å². The largest absolute Gasteiger partial charge is 0.491 e. The molecule has 0 saturated carbocycles. The van der Waals surface area contributed by atoms with Crippen molar-refractivity contribution in [3.05, 3.63) is 69.6 Å². The summed E-state index contributed by atoms with van der Waals surface area (Å²) in [6.45, 7) is 12.7. The standard InChI is InChI=1S/C25H34N4O4/c1-6-9-19-10-7-8-11-21(19)33-15-20(30)14-29-24(31)22-23(26-16-27(22)12-17(2)3)28(25(29)32)13-18(4)5/h6-8,10-11,16-18,20,30H,1,9,12-15H2,2-5H3. The van der Waals surface area contributed by atoms with Crippen LogP contribution in [0, 0.1) is 11.8 Å².